The van der Waals surface area contributed by atoms with Crippen LogP contribution in [0.5, 0.6) is 0 Å². The van der Waals surface area contributed by atoms with E-state index in [4.69, 9.17) is 0 Å². The molecule has 1 aromatic carbocycles. The van der Waals surface area contributed by atoms with Gasteiger partial charge in [-0.1, -0.05) is 62.1 Å². The summed E-state index contributed by atoms with van der Waals surface area (Å²) < 4.78 is 0. The molecule has 2 nitrogen and oxygen atoms in total. The van der Waals surface area contributed by atoms with Crippen molar-refractivity contribution >= 4 is 11.3 Å². The van der Waals surface area contributed by atoms with E-state index in [9.17, 15) is 5.11 Å². The largest absolute Gasteiger partial charge is 0.369 e. The molecule has 0 aliphatic rings. The standard InChI is InChI=1S/C18H21NOS/c1-3-19(4-2)14-9-13-18(20,17-12-8-15-21-17)16-10-6-5-7-11-16/h5-8,10-12,15,20H,3-4,14H2,1-2H3/t18-/m0/s1. The summed E-state index contributed by atoms with van der Waals surface area (Å²) in [5.41, 5.74) is -0.401. The van der Waals surface area contributed by atoms with E-state index in [-0.39, 0.29) is 0 Å². The van der Waals surface area contributed by atoms with Crippen molar-refractivity contribution in [3.8, 4) is 11.8 Å². The minimum atomic E-state index is -1.22. The minimum absolute atomic E-state index is 0.674. The Morgan fingerprint density at radius 1 is 1.10 bits per heavy atom. The van der Waals surface area contributed by atoms with Crippen LogP contribution in [-0.4, -0.2) is 29.6 Å². The number of hydrogen-bond acceptors (Lipinski definition) is 3. The van der Waals surface area contributed by atoms with Gasteiger partial charge in [0.1, 0.15) is 0 Å². The third-order valence-electron chi connectivity index (χ3n) is 3.54. The second-order valence-corrected chi connectivity index (χ2v) is 5.76. The molecule has 0 bridgehead atoms. The van der Waals surface area contributed by atoms with Crippen molar-refractivity contribution in [3.63, 3.8) is 0 Å². The quantitative estimate of drug-likeness (QED) is 0.856. The van der Waals surface area contributed by atoms with Crippen molar-refractivity contribution in [1.82, 2.24) is 4.90 Å². The predicted molar refractivity (Wildman–Crippen MR) is 89.3 cm³/mol. The second-order valence-electron chi connectivity index (χ2n) is 4.82. The van der Waals surface area contributed by atoms with Crippen LogP contribution < -0.4 is 0 Å². The Kier molecular flexibility index (Phi) is 5.58. The van der Waals surface area contributed by atoms with E-state index in [1.54, 1.807) is 0 Å². The average Bonchev–Trinajstić information content (AvgIpc) is 3.07. The molecule has 0 radical (unpaired) electrons. The maximum atomic E-state index is 11.1. The average molecular weight is 299 g/mol. The third-order valence-corrected chi connectivity index (χ3v) is 4.51. The van der Waals surface area contributed by atoms with Gasteiger partial charge in [0.25, 0.3) is 0 Å². The first kappa shape index (κ1) is 15.8. The van der Waals surface area contributed by atoms with E-state index < -0.39 is 5.60 Å². The van der Waals surface area contributed by atoms with Crippen LogP contribution in [-0.2, 0) is 5.60 Å². The van der Waals surface area contributed by atoms with Gasteiger partial charge in [0.15, 0.2) is 5.60 Å². The first-order valence-corrected chi connectivity index (χ1v) is 8.13. The van der Waals surface area contributed by atoms with Crippen LogP contribution in [0, 0.1) is 11.8 Å². The van der Waals surface area contributed by atoms with Crippen molar-refractivity contribution in [3.05, 3.63) is 58.3 Å². The van der Waals surface area contributed by atoms with Crippen LogP contribution in [0.1, 0.15) is 24.3 Å². The third kappa shape index (κ3) is 3.74. The molecule has 2 aromatic rings. The first-order valence-electron chi connectivity index (χ1n) is 7.25. The zero-order valence-electron chi connectivity index (χ0n) is 12.5. The molecule has 21 heavy (non-hydrogen) atoms. The van der Waals surface area contributed by atoms with Crippen molar-refractivity contribution in [1.29, 1.82) is 0 Å². The fourth-order valence-corrected chi connectivity index (χ4v) is 2.97. The number of benzene rings is 1. The van der Waals surface area contributed by atoms with Crippen molar-refractivity contribution in [2.45, 2.75) is 19.4 Å². The van der Waals surface area contributed by atoms with E-state index >= 15 is 0 Å². The maximum Gasteiger partial charge on any atom is 0.186 e. The Bertz CT molecular complexity index is 593. The number of aliphatic hydroxyl groups is 1. The van der Waals surface area contributed by atoms with E-state index in [2.05, 4.69) is 30.6 Å². The lowest BCUT2D eigenvalue weighted by atomic mass is 9.93. The molecule has 0 amide bonds. The van der Waals surface area contributed by atoms with Crippen LogP contribution in [0.2, 0.25) is 0 Å². The van der Waals surface area contributed by atoms with E-state index in [1.165, 1.54) is 11.3 Å². The molecule has 0 aliphatic carbocycles. The van der Waals surface area contributed by atoms with Gasteiger partial charge in [0.2, 0.25) is 0 Å². The zero-order valence-corrected chi connectivity index (χ0v) is 13.4. The fraction of sp³-hybridized carbons (Fsp3) is 0.333. The smallest absolute Gasteiger partial charge is 0.186 e. The molecular formula is C18H21NOS. The van der Waals surface area contributed by atoms with Crippen LogP contribution in [0.15, 0.2) is 47.8 Å². The lowest BCUT2D eigenvalue weighted by Gasteiger charge is -2.22. The molecule has 3 heteroatoms. The summed E-state index contributed by atoms with van der Waals surface area (Å²) in [4.78, 5) is 3.09. The van der Waals surface area contributed by atoms with Gasteiger partial charge in [-0.15, -0.1) is 11.3 Å². The van der Waals surface area contributed by atoms with Gasteiger partial charge in [-0.2, -0.15) is 0 Å². The topological polar surface area (TPSA) is 23.5 Å². The SMILES string of the molecule is CCN(CC)CC#C[C@](O)(c1ccccc1)c1cccs1. The Hall–Kier alpha value is -1.60. The normalized spacial score (nSPS) is 13.5. The molecule has 110 valence electrons. The van der Waals surface area contributed by atoms with Gasteiger partial charge in [-0.3, -0.25) is 4.90 Å². The Balaban J connectivity index is 2.33. The van der Waals surface area contributed by atoms with Crippen molar-refractivity contribution < 1.29 is 5.11 Å². The summed E-state index contributed by atoms with van der Waals surface area (Å²) >= 11 is 1.53. The van der Waals surface area contributed by atoms with Gasteiger partial charge in [0, 0.05) is 5.56 Å². The molecule has 0 unspecified atom stereocenters. The highest BCUT2D eigenvalue weighted by Crippen LogP contribution is 2.32. The van der Waals surface area contributed by atoms with Crippen LogP contribution >= 0.6 is 11.3 Å². The molecule has 1 heterocycles. The number of nitrogens with zero attached hydrogens (tertiary/aromatic N) is 1. The highest BCUT2D eigenvalue weighted by Gasteiger charge is 2.30. The van der Waals surface area contributed by atoms with E-state index in [1.807, 2.05) is 47.8 Å². The van der Waals surface area contributed by atoms with Gasteiger partial charge in [-0.25, -0.2) is 0 Å². The highest BCUT2D eigenvalue weighted by molar-refractivity contribution is 7.10. The van der Waals surface area contributed by atoms with Crippen molar-refractivity contribution in [2.24, 2.45) is 0 Å². The summed E-state index contributed by atoms with van der Waals surface area (Å²) in [5, 5.41) is 13.1. The van der Waals surface area contributed by atoms with E-state index in [0.717, 1.165) is 23.5 Å². The van der Waals surface area contributed by atoms with Crippen molar-refractivity contribution in [2.75, 3.05) is 19.6 Å². The first-order chi connectivity index (χ1) is 10.2. The second kappa shape index (κ2) is 7.42. The molecule has 0 fully saturated rings. The van der Waals surface area contributed by atoms with Gasteiger partial charge >= 0.3 is 0 Å². The Morgan fingerprint density at radius 3 is 2.38 bits per heavy atom. The highest BCUT2D eigenvalue weighted by atomic mass is 32.1. The lowest BCUT2D eigenvalue weighted by Crippen LogP contribution is -2.26. The minimum Gasteiger partial charge on any atom is -0.369 e. The summed E-state index contributed by atoms with van der Waals surface area (Å²) in [6.07, 6.45) is 0. The van der Waals surface area contributed by atoms with Gasteiger partial charge in [-0.05, 0) is 24.5 Å². The van der Waals surface area contributed by atoms with Crippen LogP contribution in [0.25, 0.3) is 0 Å². The summed E-state index contributed by atoms with van der Waals surface area (Å²) in [5.74, 6) is 6.24. The lowest BCUT2D eigenvalue weighted by molar-refractivity contribution is 0.149. The molecule has 1 aromatic heterocycles. The molecule has 0 saturated heterocycles. The van der Waals surface area contributed by atoms with E-state index in [0.29, 0.717) is 6.54 Å². The predicted octanol–water partition coefficient (Wildman–Crippen LogP) is 3.33. The molecule has 1 N–H and O–H groups in total. The van der Waals surface area contributed by atoms with Crippen LogP contribution in [0.4, 0.5) is 0 Å². The van der Waals surface area contributed by atoms with Crippen LogP contribution in [0.3, 0.4) is 0 Å². The summed E-state index contributed by atoms with van der Waals surface area (Å²) in [6.45, 7) is 6.84. The molecule has 0 aliphatic heterocycles. The number of hydrogen-bond donors (Lipinski definition) is 1. The summed E-state index contributed by atoms with van der Waals surface area (Å²) in [7, 11) is 0. The molecule has 2 rings (SSSR count). The zero-order chi connectivity index (χ0) is 15.1. The van der Waals surface area contributed by atoms with Gasteiger partial charge in [0.05, 0.1) is 11.4 Å². The number of thiophene rings is 1. The Labute approximate surface area is 131 Å². The number of rotatable bonds is 5. The molecule has 1 atom stereocenters. The fourth-order valence-electron chi connectivity index (χ4n) is 2.17. The van der Waals surface area contributed by atoms with Gasteiger partial charge < -0.3 is 5.11 Å². The monoisotopic (exact) mass is 299 g/mol. The molecular weight excluding hydrogens is 278 g/mol. The Morgan fingerprint density at radius 2 is 1.81 bits per heavy atom. The molecule has 0 spiro atoms. The maximum absolute atomic E-state index is 11.1. The summed E-state index contributed by atoms with van der Waals surface area (Å²) in [6, 6.07) is 13.5. The molecule has 0 saturated carbocycles.